The minimum absolute atomic E-state index is 0.00573. The van der Waals surface area contributed by atoms with Gasteiger partial charge >= 0.3 is 0 Å². The van der Waals surface area contributed by atoms with E-state index in [9.17, 15) is 19.5 Å². The number of hydrogen-bond acceptors (Lipinski definition) is 5. The predicted octanol–water partition coefficient (Wildman–Crippen LogP) is 0.0549. The van der Waals surface area contributed by atoms with Crippen LogP contribution in [-0.2, 0) is 14.4 Å². The number of aliphatic hydroxyl groups excluding tert-OH is 1. The summed E-state index contributed by atoms with van der Waals surface area (Å²) in [5.74, 6) is -1.48. The van der Waals surface area contributed by atoms with Crippen molar-refractivity contribution in [2.45, 2.75) is 58.2 Å². The maximum absolute atomic E-state index is 12.9. The summed E-state index contributed by atoms with van der Waals surface area (Å²) in [7, 11) is 0. The first kappa shape index (κ1) is 20.7. The summed E-state index contributed by atoms with van der Waals surface area (Å²) in [6.07, 6.45) is -0.242. The van der Waals surface area contributed by atoms with Gasteiger partial charge in [0.1, 0.15) is 12.1 Å². The Balaban J connectivity index is 2.84. The standard InChI is InChI=1S/C15H26N6O4/c1-15(2,3)12(19-11(23)5-4-6-18-20-17)14(25)21-8-9(22)7-10(21)13(16)24/h9-10,12,22H,4-8H2,1-3H3,(H2,16,24)(H,19,23)/t9-,10+,12-/m1/s1. The Kier molecular flexibility index (Phi) is 7.20. The lowest BCUT2D eigenvalue weighted by atomic mass is 9.85. The van der Waals surface area contributed by atoms with Crippen LogP contribution in [0.25, 0.3) is 10.4 Å². The normalized spacial score (nSPS) is 21.4. The quantitative estimate of drug-likeness (QED) is 0.255. The van der Waals surface area contributed by atoms with Crippen molar-refractivity contribution in [3.63, 3.8) is 0 Å². The number of primary amides is 1. The summed E-state index contributed by atoms with van der Waals surface area (Å²) in [6, 6.07) is -1.75. The van der Waals surface area contributed by atoms with E-state index in [2.05, 4.69) is 15.3 Å². The van der Waals surface area contributed by atoms with Crippen molar-refractivity contribution in [2.75, 3.05) is 13.1 Å². The molecule has 0 radical (unpaired) electrons. The molecule has 0 saturated carbocycles. The van der Waals surface area contributed by atoms with Gasteiger partial charge in [0, 0.05) is 30.8 Å². The largest absolute Gasteiger partial charge is 0.391 e. The van der Waals surface area contributed by atoms with Crippen molar-refractivity contribution in [1.29, 1.82) is 0 Å². The third-order valence-electron chi connectivity index (χ3n) is 4.03. The van der Waals surface area contributed by atoms with Gasteiger partial charge in [0.2, 0.25) is 17.7 Å². The fourth-order valence-corrected chi connectivity index (χ4v) is 2.73. The van der Waals surface area contributed by atoms with Gasteiger partial charge in [-0.25, -0.2) is 0 Å². The molecule has 10 nitrogen and oxygen atoms in total. The fourth-order valence-electron chi connectivity index (χ4n) is 2.73. The van der Waals surface area contributed by atoms with Gasteiger partial charge in [0.15, 0.2) is 0 Å². The number of rotatable bonds is 7. The molecule has 0 aliphatic carbocycles. The number of hydrogen-bond donors (Lipinski definition) is 3. The van der Waals surface area contributed by atoms with Gasteiger partial charge in [0.25, 0.3) is 0 Å². The summed E-state index contributed by atoms with van der Waals surface area (Å²) in [4.78, 5) is 40.4. The van der Waals surface area contributed by atoms with Gasteiger partial charge in [-0.15, -0.1) is 0 Å². The van der Waals surface area contributed by atoms with Crippen molar-refractivity contribution in [2.24, 2.45) is 16.3 Å². The number of nitrogens with one attached hydrogen (secondary N) is 1. The first-order valence-electron chi connectivity index (χ1n) is 8.16. The summed E-state index contributed by atoms with van der Waals surface area (Å²) < 4.78 is 0. The zero-order valence-electron chi connectivity index (χ0n) is 14.8. The molecule has 3 amide bonds. The van der Waals surface area contributed by atoms with Crippen molar-refractivity contribution in [3.8, 4) is 0 Å². The average Bonchev–Trinajstić information content (AvgIpc) is 2.90. The minimum atomic E-state index is -0.880. The van der Waals surface area contributed by atoms with Crippen LogP contribution in [0.3, 0.4) is 0 Å². The van der Waals surface area contributed by atoms with Gasteiger partial charge in [-0.05, 0) is 17.4 Å². The van der Waals surface area contributed by atoms with Crippen LogP contribution in [0.15, 0.2) is 5.11 Å². The first-order valence-corrected chi connectivity index (χ1v) is 8.16. The molecule has 0 aromatic rings. The van der Waals surface area contributed by atoms with E-state index in [1.165, 1.54) is 4.90 Å². The number of carbonyl (C=O) groups excluding carboxylic acids is 3. The minimum Gasteiger partial charge on any atom is -0.391 e. The summed E-state index contributed by atoms with van der Waals surface area (Å²) >= 11 is 0. The molecule has 1 aliphatic rings. The van der Waals surface area contributed by atoms with Crippen molar-refractivity contribution < 1.29 is 19.5 Å². The summed E-state index contributed by atoms with van der Waals surface area (Å²) in [5.41, 5.74) is 12.9. The molecule has 0 bridgehead atoms. The molecule has 3 atom stereocenters. The van der Waals surface area contributed by atoms with E-state index in [0.29, 0.717) is 6.42 Å². The number of likely N-dealkylation sites (tertiary alicyclic amines) is 1. The number of azide groups is 1. The molecule has 1 aliphatic heterocycles. The first-order chi connectivity index (χ1) is 11.6. The lowest BCUT2D eigenvalue weighted by Gasteiger charge is -2.35. The molecular formula is C15H26N6O4. The highest BCUT2D eigenvalue weighted by Gasteiger charge is 2.43. The number of β-amino-alcohol motifs (C(OH)–C–C–N with tert-alkyl or cyclic N) is 1. The van der Waals surface area contributed by atoms with Gasteiger partial charge in [-0.3, -0.25) is 14.4 Å². The molecule has 10 heteroatoms. The molecule has 0 spiro atoms. The Hall–Kier alpha value is -2.32. The van der Waals surface area contributed by atoms with Crippen LogP contribution in [0, 0.1) is 5.41 Å². The lowest BCUT2D eigenvalue weighted by molar-refractivity contribution is -0.143. The molecule has 1 saturated heterocycles. The number of amides is 3. The second-order valence-corrected chi connectivity index (χ2v) is 7.22. The van der Waals surface area contributed by atoms with Gasteiger partial charge in [-0.1, -0.05) is 25.9 Å². The van der Waals surface area contributed by atoms with E-state index in [-0.39, 0.29) is 31.8 Å². The van der Waals surface area contributed by atoms with E-state index in [1.54, 1.807) is 20.8 Å². The predicted molar refractivity (Wildman–Crippen MR) is 90.0 cm³/mol. The van der Waals surface area contributed by atoms with Crippen LogP contribution in [0.1, 0.15) is 40.0 Å². The Bertz CT molecular complexity index is 567. The highest BCUT2D eigenvalue weighted by atomic mass is 16.3. The molecule has 25 heavy (non-hydrogen) atoms. The van der Waals surface area contributed by atoms with Crippen LogP contribution in [-0.4, -0.2) is 59.0 Å². The van der Waals surface area contributed by atoms with Crippen LogP contribution in [0.5, 0.6) is 0 Å². The second kappa shape index (κ2) is 8.68. The molecule has 0 aromatic carbocycles. The molecule has 1 rings (SSSR count). The van der Waals surface area contributed by atoms with Crippen molar-refractivity contribution in [1.82, 2.24) is 10.2 Å². The zero-order valence-corrected chi connectivity index (χ0v) is 14.8. The van der Waals surface area contributed by atoms with Gasteiger partial charge in [-0.2, -0.15) is 0 Å². The molecule has 0 unspecified atom stereocenters. The van der Waals surface area contributed by atoms with Crippen molar-refractivity contribution >= 4 is 17.7 Å². The molecule has 1 heterocycles. The van der Waals surface area contributed by atoms with E-state index in [0.717, 1.165) is 0 Å². The number of carbonyl (C=O) groups is 3. The second-order valence-electron chi connectivity index (χ2n) is 7.22. The van der Waals surface area contributed by atoms with E-state index < -0.39 is 35.4 Å². The van der Waals surface area contributed by atoms with Gasteiger partial charge in [0.05, 0.1) is 6.10 Å². The van der Waals surface area contributed by atoms with Gasteiger partial charge < -0.3 is 21.1 Å². The summed E-state index contributed by atoms with van der Waals surface area (Å²) in [5, 5.41) is 15.8. The molecule has 140 valence electrons. The maximum Gasteiger partial charge on any atom is 0.246 e. The van der Waals surface area contributed by atoms with Crippen LogP contribution >= 0.6 is 0 Å². The monoisotopic (exact) mass is 354 g/mol. The SMILES string of the molecule is CC(C)(C)[C@H](NC(=O)CCCN=[N+]=[N-])C(=O)N1C[C@H](O)C[C@H]1C(N)=O. The molecule has 0 aromatic heterocycles. The maximum atomic E-state index is 12.9. The Morgan fingerprint density at radius 1 is 1.44 bits per heavy atom. The third-order valence-corrected chi connectivity index (χ3v) is 4.03. The molecule has 4 N–H and O–H groups in total. The lowest BCUT2D eigenvalue weighted by Crippen LogP contribution is -2.57. The Morgan fingerprint density at radius 3 is 2.60 bits per heavy atom. The average molecular weight is 354 g/mol. The van der Waals surface area contributed by atoms with E-state index in [4.69, 9.17) is 11.3 Å². The van der Waals surface area contributed by atoms with Crippen molar-refractivity contribution in [3.05, 3.63) is 10.4 Å². The van der Waals surface area contributed by atoms with E-state index in [1.807, 2.05) is 0 Å². The molecule has 1 fully saturated rings. The number of aliphatic hydroxyl groups is 1. The van der Waals surface area contributed by atoms with Crippen LogP contribution in [0.2, 0.25) is 0 Å². The smallest absolute Gasteiger partial charge is 0.246 e. The highest BCUT2D eigenvalue weighted by Crippen LogP contribution is 2.26. The third kappa shape index (κ3) is 5.91. The Labute approximate surface area is 146 Å². The zero-order chi connectivity index (χ0) is 19.2. The molecular weight excluding hydrogens is 328 g/mol. The highest BCUT2D eigenvalue weighted by molar-refractivity contribution is 5.92. The van der Waals surface area contributed by atoms with E-state index >= 15 is 0 Å². The Morgan fingerprint density at radius 2 is 2.08 bits per heavy atom. The van der Waals surface area contributed by atoms with Crippen LogP contribution < -0.4 is 11.1 Å². The number of nitrogens with zero attached hydrogens (tertiary/aromatic N) is 4. The van der Waals surface area contributed by atoms with Crippen LogP contribution in [0.4, 0.5) is 0 Å². The topological polar surface area (TPSA) is 161 Å². The number of nitrogens with two attached hydrogens (primary N) is 1. The summed E-state index contributed by atoms with van der Waals surface area (Å²) in [6.45, 7) is 5.58. The fraction of sp³-hybridized carbons (Fsp3) is 0.800.